The maximum absolute atomic E-state index is 11.6. The standard InChI is InChI=1S/C15H32N4O3/c1-5-16-15(18-7-6-9-22-12-13(2)3)19-11-14(20)17-8-10-21-4/h13H,5-12H2,1-4H3,(H,17,20)(H2,16,18,19). The molecule has 7 nitrogen and oxygen atoms in total. The van der Waals surface area contributed by atoms with Crippen LogP contribution in [0.2, 0.25) is 0 Å². The highest BCUT2D eigenvalue weighted by atomic mass is 16.5. The van der Waals surface area contributed by atoms with Crippen LogP contribution in [0.25, 0.3) is 0 Å². The molecule has 0 saturated heterocycles. The first-order valence-corrected chi connectivity index (χ1v) is 7.95. The number of rotatable bonds is 12. The molecular formula is C15H32N4O3. The first kappa shape index (κ1) is 20.7. The molecule has 0 atom stereocenters. The Morgan fingerprint density at radius 2 is 1.91 bits per heavy atom. The predicted octanol–water partition coefficient (Wildman–Crippen LogP) is 0.367. The van der Waals surface area contributed by atoms with E-state index in [0.29, 0.717) is 25.0 Å². The lowest BCUT2D eigenvalue weighted by molar-refractivity contribution is -0.119. The molecule has 0 aromatic rings. The van der Waals surface area contributed by atoms with Crippen molar-refractivity contribution in [3.63, 3.8) is 0 Å². The third-order valence-corrected chi connectivity index (χ3v) is 2.56. The van der Waals surface area contributed by atoms with Gasteiger partial charge in [-0.15, -0.1) is 0 Å². The predicted molar refractivity (Wildman–Crippen MR) is 89.1 cm³/mol. The van der Waals surface area contributed by atoms with E-state index in [1.807, 2.05) is 6.92 Å². The summed E-state index contributed by atoms with van der Waals surface area (Å²) in [6.45, 7) is 10.4. The Labute approximate surface area is 134 Å². The van der Waals surface area contributed by atoms with E-state index in [1.165, 1.54) is 0 Å². The average molecular weight is 316 g/mol. The Kier molecular flexibility index (Phi) is 13.7. The minimum absolute atomic E-state index is 0.100. The third kappa shape index (κ3) is 13.6. The molecule has 0 bridgehead atoms. The summed E-state index contributed by atoms with van der Waals surface area (Å²) in [5.74, 6) is 1.09. The highest BCUT2D eigenvalue weighted by molar-refractivity contribution is 5.84. The molecule has 0 unspecified atom stereocenters. The molecule has 0 rings (SSSR count). The zero-order chi connectivity index (χ0) is 16.6. The van der Waals surface area contributed by atoms with Gasteiger partial charge in [-0.25, -0.2) is 4.99 Å². The zero-order valence-corrected chi connectivity index (χ0v) is 14.4. The fraction of sp³-hybridized carbons (Fsp3) is 0.867. The van der Waals surface area contributed by atoms with Crippen LogP contribution in [0.4, 0.5) is 0 Å². The van der Waals surface area contributed by atoms with Crippen molar-refractivity contribution in [2.24, 2.45) is 10.9 Å². The molecule has 130 valence electrons. The molecule has 0 radical (unpaired) electrons. The largest absolute Gasteiger partial charge is 0.383 e. The summed E-state index contributed by atoms with van der Waals surface area (Å²) in [5, 5.41) is 9.02. The number of nitrogens with one attached hydrogen (secondary N) is 3. The molecule has 0 aliphatic rings. The summed E-state index contributed by atoms with van der Waals surface area (Å²) in [7, 11) is 1.60. The van der Waals surface area contributed by atoms with Crippen LogP contribution in [0.3, 0.4) is 0 Å². The van der Waals surface area contributed by atoms with Gasteiger partial charge < -0.3 is 25.4 Å². The van der Waals surface area contributed by atoms with Gasteiger partial charge in [-0.2, -0.15) is 0 Å². The van der Waals surface area contributed by atoms with Gasteiger partial charge >= 0.3 is 0 Å². The molecule has 0 fully saturated rings. The Hall–Kier alpha value is -1.34. The van der Waals surface area contributed by atoms with Crippen LogP contribution in [-0.4, -0.2) is 65.0 Å². The molecule has 0 aromatic heterocycles. The molecule has 0 spiro atoms. The number of carbonyl (C=O) groups excluding carboxylic acids is 1. The van der Waals surface area contributed by atoms with Gasteiger partial charge in [0.25, 0.3) is 0 Å². The summed E-state index contributed by atoms with van der Waals surface area (Å²) in [4.78, 5) is 15.8. The molecule has 0 aromatic carbocycles. The molecule has 1 amide bonds. The van der Waals surface area contributed by atoms with E-state index in [4.69, 9.17) is 9.47 Å². The Morgan fingerprint density at radius 1 is 1.14 bits per heavy atom. The molecule has 0 aliphatic heterocycles. The number of methoxy groups -OCH3 is 1. The van der Waals surface area contributed by atoms with E-state index in [9.17, 15) is 4.79 Å². The maximum atomic E-state index is 11.6. The SMILES string of the molecule is CCNC(=NCC(=O)NCCOC)NCCCOCC(C)C. The Balaban J connectivity index is 3.87. The van der Waals surface area contributed by atoms with E-state index in [0.717, 1.165) is 32.7 Å². The lowest BCUT2D eigenvalue weighted by Crippen LogP contribution is -2.39. The van der Waals surface area contributed by atoms with Crippen molar-refractivity contribution in [3.8, 4) is 0 Å². The Morgan fingerprint density at radius 3 is 2.55 bits per heavy atom. The maximum Gasteiger partial charge on any atom is 0.241 e. The van der Waals surface area contributed by atoms with Crippen molar-refractivity contribution in [1.82, 2.24) is 16.0 Å². The number of guanidine groups is 1. The van der Waals surface area contributed by atoms with Gasteiger partial charge in [-0.05, 0) is 19.3 Å². The second-order valence-electron chi connectivity index (χ2n) is 5.29. The number of amides is 1. The van der Waals surface area contributed by atoms with Crippen molar-refractivity contribution in [2.75, 3.05) is 53.1 Å². The van der Waals surface area contributed by atoms with Gasteiger partial charge in [0.2, 0.25) is 5.91 Å². The molecule has 0 heterocycles. The van der Waals surface area contributed by atoms with Crippen LogP contribution in [0, 0.1) is 5.92 Å². The van der Waals surface area contributed by atoms with Crippen LogP contribution in [0.5, 0.6) is 0 Å². The summed E-state index contributed by atoms with van der Waals surface area (Å²) in [6.07, 6.45) is 0.900. The van der Waals surface area contributed by atoms with Gasteiger partial charge in [-0.3, -0.25) is 4.79 Å². The lowest BCUT2D eigenvalue weighted by atomic mass is 10.2. The van der Waals surface area contributed by atoms with Gasteiger partial charge in [0.1, 0.15) is 6.54 Å². The molecule has 7 heteroatoms. The fourth-order valence-electron chi connectivity index (χ4n) is 1.54. The van der Waals surface area contributed by atoms with E-state index < -0.39 is 0 Å². The van der Waals surface area contributed by atoms with Crippen LogP contribution >= 0.6 is 0 Å². The topological polar surface area (TPSA) is 84.0 Å². The second-order valence-corrected chi connectivity index (χ2v) is 5.29. The molecule has 0 aliphatic carbocycles. The highest BCUT2D eigenvalue weighted by Crippen LogP contribution is 1.92. The smallest absolute Gasteiger partial charge is 0.241 e. The summed E-state index contributed by atoms with van der Waals surface area (Å²) >= 11 is 0. The number of carbonyl (C=O) groups is 1. The van der Waals surface area contributed by atoms with Crippen molar-refractivity contribution in [2.45, 2.75) is 27.2 Å². The van der Waals surface area contributed by atoms with Crippen LogP contribution in [0.1, 0.15) is 27.2 Å². The summed E-state index contributed by atoms with van der Waals surface area (Å²) < 4.78 is 10.4. The van der Waals surface area contributed by atoms with E-state index in [-0.39, 0.29) is 12.5 Å². The minimum atomic E-state index is -0.116. The number of aliphatic imine (C=N–C) groups is 1. The van der Waals surface area contributed by atoms with Gasteiger partial charge in [0, 0.05) is 40.0 Å². The minimum Gasteiger partial charge on any atom is -0.383 e. The summed E-state index contributed by atoms with van der Waals surface area (Å²) in [5.41, 5.74) is 0. The number of hydrogen-bond acceptors (Lipinski definition) is 4. The lowest BCUT2D eigenvalue weighted by Gasteiger charge is -2.12. The van der Waals surface area contributed by atoms with Crippen LogP contribution < -0.4 is 16.0 Å². The number of hydrogen-bond donors (Lipinski definition) is 3. The highest BCUT2D eigenvalue weighted by Gasteiger charge is 2.01. The molecule has 0 saturated carbocycles. The van der Waals surface area contributed by atoms with E-state index in [2.05, 4.69) is 34.8 Å². The third-order valence-electron chi connectivity index (χ3n) is 2.56. The number of ether oxygens (including phenoxy) is 2. The normalized spacial score (nSPS) is 11.6. The zero-order valence-electron chi connectivity index (χ0n) is 14.4. The first-order valence-electron chi connectivity index (χ1n) is 7.95. The van der Waals surface area contributed by atoms with Crippen LogP contribution in [-0.2, 0) is 14.3 Å². The van der Waals surface area contributed by atoms with Crippen molar-refractivity contribution >= 4 is 11.9 Å². The monoisotopic (exact) mass is 316 g/mol. The molecule has 22 heavy (non-hydrogen) atoms. The second kappa shape index (κ2) is 14.6. The van der Waals surface area contributed by atoms with Crippen molar-refractivity contribution in [1.29, 1.82) is 0 Å². The average Bonchev–Trinajstić information content (AvgIpc) is 2.48. The van der Waals surface area contributed by atoms with Gasteiger partial charge in [0.15, 0.2) is 5.96 Å². The van der Waals surface area contributed by atoms with Gasteiger partial charge in [0.05, 0.1) is 6.61 Å². The Bertz CT molecular complexity index is 309. The number of nitrogens with zero attached hydrogens (tertiary/aromatic N) is 1. The molecule has 3 N–H and O–H groups in total. The quantitative estimate of drug-likeness (QED) is 0.275. The van der Waals surface area contributed by atoms with Crippen molar-refractivity contribution < 1.29 is 14.3 Å². The van der Waals surface area contributed by atoms with Crippen molar-refractivity contribution in [3.05, 3.63) is 0 Å². The van der Waals surface area contributed by atoms with Crippen LogP contribution in [0.15, 0.2) is 4.99 Å². The van der Waals surface area contributed by atoms with Gasteiger partial charge in [-0.1, -0.05) is 13.8 Å². The summed E-state index contributed by atoms with van der Waals surface area (Å²) in [6, 6.07) is 0. The van der Waals surface area contributed by atoms with E-state index >= 15 is 0 Å². The fourth-order valence-corrected chi connectivity index (χ4v) is 1.54. The molecular weight excluding hydrogens is 284 g/mol. The van der Waals surface area contributed by atoms with E-state index in [1.54, 1.807) is 7.11 Å². The first-order chi connectivity index (χ1) is 10.6.